The summed E-state index contributed by atoms with van der Waals surface area (Å²) in [7, 11) is 0. The van der Waals surface area contributed by atoms with Gasteiger partial charge in [-0.3, -0.25) is 0 Å². The van der Waals surface area contributed by atoms with Crippen molar-refractivity contribution in [3.8, 4) is 6.07 Å². The van der Waals surface area contributed by atoms with Gasteiger partial charge in [0.1, 0.15) is 11.8 Å². The molecule has 0 bridgehead atoms. The first-order chi connectivity index (χ1) is 5.90. The van der Waals surface area contributed by atoms with Crippen LogP contribution >= 0.6 is 0 Å². The minimum atomic E-state index is 0.472. The predicted molar refractivity (Wildman–Crippen MR) is 42.5 cm³/mol. The molecule has 1 aromatic heterocycles. The van der Waals surface area contributed by atoms with Crippen molar-refractivity contribution in [2.45, 2.75) is 5.92 Å². The molecule has 3 heteroatoms. The minimum absolute atomic E-state index is 0.472. The molecule has 2 rings (SSSR count). The van der Waals surface area contributed by atoms with Crippen LogP contribution in [0.1, 0.15) is 17.2 Å². The zero-order valence-corrected chi connectivity index (χ0v) is 6.53. The second kappa shape index (κ2) is 2.92. The topological polar surface area (TPSA) is 45.9 Å². The molecule has 1 aliphatic heterocycles. The van der Waals surface area contributed by atoms with E-state index in [1.165, 1.54) is 0 Å². The molecule has 1 aliphatic rings. The molecular weight excluding hydrogens is 152 g/mol. The van der Waals surface area contributed by atoms with E-state index in [9.17, 15) is 0 Å². The molecule has 60 valence electrons. The molecule has 1 aromatic rings. The molecule has 1 fully saturated rings. The molecular formula is C9H8N2O. The number of nitriles is 1. The Balaban J connectivity index is 2.27. The maximum atomic E-state index is 8.59. The molecule has 0 spiro atoms. The Morgan fingerprint density at radius 1 is 1.58 bits per heavy atom. The second-order valence-electron chi connectivity index (χ2n) is 2.82. The lowest BCUT2D eigenvalue weighted by atomic mass is 9.98. The van der Waals surface area contributed by atoms with E-state index < -0.39 is 0 Å². The van der Waals surface area contributed by atoms with E-state index >= 15 is 0 Å². The fourth-order valence-corrected chi connectivity index (χ4v) is 1.19. The molecule has 12 heavy (non-hydrogen) atoms. The Labute approximate surface area is 70.6 Å². The Hall–Kier alpha value is -1.40. The molecule has 0 radical (unpaired) electrons. The van der Waals surface area contributed by atoms with E-state index in [2.05, 4.69) is 4.98 Å². The monoisotopic (exact) mass is 160 g/mol. The number of hydrogen-bond acceptors (Lipinski definition) is 3. The third kappa shape index (κ3) is 1.17. The van der Waals surface area contributed by atoms with Crippen molar-refractivity contribution in [2.24, 2.45) is 0 Å². The summed E-state index contributed by atoms with van der Waals surface area (Å²) in [5.41, 5.74) is 1.65. The van der Waals surface area contributed by atoms with Gasteiger partial charge in [0, 0.05) is 12.1 Å². The molecule has 0 unspecified atom stereocenters. The van der Waals surface area contributed by atoms with Crippen molar-refractivity contribution in [1.29, 1.82) is 5.26 Å². The van der Waals surface area contributed by atoms with Gasteiger partial charge in [-0.25, -0.2) is 4.98 Å². The van der Waals surface area contributed by atoms with Gasteiger partial charge in [0.2, 0.25) is 0 Å². The van der Waals surface area contributed by atoms with Crippen molar-refractivity contribution in [3.05, 3.63) is 29.6 Å². The van der Waals surface area contributed by atoms with Gasteiger partial charge in [-0.05, 0) is 17.7 Å². The molecule has 2 heterocycles. The van der Waals surface area contributed by atoms with Gasteiger partial charge >= 0.3 is 0 Å². The van der Waals surface area contributed by atoms with Crippen molar-refractivity contribution in [2.75, 3.05) is 13.2 Å². The van der Waals surface area contributed by atoms with Crippen LogP contribution in [0.3, 0.4) is 0 Å². The van der Waals surface area contributed by atoms with E-state index in [0.29, 0.717) is 11.6 Å². The van der Waals surface area contributed by atoms with Crippen LogP contribution in [0.15, 0.2) is 18.3 Å². The van der Waals surface area contributed by atoms with E-state index in [1.807, 2.05) is 18.2 Å². The molecule has 0 amide bonds. The summed E-state index contributed by atoms with van der Waals surface area (Å²) in [5, 5.41) is 8.59. The van der Waals surface area contributed by atoms with Crippen LogP contribution in [0.4, 0.5) is 0 Å². The largest absolute Gasteiger partial charge is 0.380 e. The van der Waals surface area contributed by atoms with Crippen LogP contribution in [0, 0.1) is 11.3 Å². The average Bonchev–Trinajstić information content (AvgIpc) is 2.02. The fourth-order valence-electron chi connectivity index (χ4n) is 1.19. The summed E-state index contributed by atoms with van der Waals surface area (Å²) < 4.78 is 5.06. The molecule has 1 saturated heterocycles. The highest BCUT2D eigenvalue weighted by atomic mass is 16.5. The summed E-state index contributed by atoms with van der Waals surface area (Å²) >= 11 is 0. The highest BCUT2D eigenvalue weighted by Crippen LogP contribution is 2.23. The van der Waals surface area contributed by atoms with Gasteiger partial charge in [0.15, 0.2) is 0 Å². The third-order valence-electron chi connectivity index (χ3n) is 2.01. The lowest BCUT2D eigenvalue weighted by Gasteiger charge is -2.26. The van der Waals surface area contributed by atoms with Crippen LogP contribution in [0.25, 0.3) is 0 Å². The van der Waals surface area contributed by atoms with Crippen molar-refractivity contribution in [1.82, 2.24) is 4.98 Å². The van der Waals surface area contributed by atoms with Crippen molar-refractivity contribution in [3.63, 3.8) is 0 Å². The SMILES string of the molecule is N#Cc1cc(C2COC2)ccn1. The van der Waals surface area contributed by atoms with Gasteiger partial charge in [0.25, 0.3) is 0 Å². The smallest absolute Gasteiger partial charge is 0.140 e. The zero-order valence-electron chi connectivity index (χ0n) is 6.53. The molecule has 0 aliphatic carbocycles. The summed E-state index contributed by atoms with van der Waals surface area (Å²) in [6.07, 6.45) is 1.67. The van der Waals surface area contributed by atoms with Gasteiger partial charge in [-0.15, -0.1) is 0 Å². The minimum Gasteiger partial charge on any atom is -0.380 e. The molecule has 0 N–H and O–H groups in total. The Morgan fingerprint density at radius 3 is 3.00 bits per heavy atom. The number of aromatic nitrogens is 1. The molecule has 0 saturated carbocycles. The highest BCUT2D eigenvalue weighted by Gasteiger charge is 2.20. The van der Waals surface area contributed by atoms with E-state index in [1.54, 1.807) is 6.20 Å². The second-order valence-corrected chi connectivity index (χ2v) is 2.82. The lowest BCUT2D eigenvalue weighted by Crippen LogP contribution is -2.25. The number of pyridine rings is 1. The number of hydrogen-bond donors (Lipinski definition) is 0. The third-order valence-corrected chi connectivity index (χ3v) is 2.01. The normalized spacial score (nSPS) is 16.6. The Kier molecular flexibility index (Phi) is 1.77. The van der Waals surface area contributed by atoms with Crippen molar-refractivity contribution >= 4 is 0 Å². The maximum absolute atomic E-state index is 8.59. The maximum Gasteiger partial charge on any atom is 0.140 e. The van der Waals surface area contributed by atoms with E-state index in [0.717, 1.165) is 18.8 Å². The van der Waals surface area contributed by atoms with Gasteiger partial charge in [0.05, 0.1) is 13.2 Å². The quantitative estimate of drug-likeness (QED) is 0.617. The van der Waals surface area contributed by atoms with Crippen LogP contribution in [-0.2, 0) is 4.74 Å². The average molecular weight is 160 g/mol. The number of ether oxygens (including phenoxy) is 1. The highest BCUT2D eigenvalue weighted by molar-refractivity contribution is 5.28. The summed E-state index contributed by atoms with van der Waals surface area (Å²) in [6.45, 7) is 1.55. The fraction of sp³-hybridized carbons (Fsp3) is 0.333. The van der Waals surface area contributed by atoms with Crippen LogP contribution in [0.2, 0.25) is 0 Å². The van der Waals surface area contributed by atoms with E-state index in [4.69, 9.17) is 10.00 Å². The van der Waals surface area contributed by atoms with Gasteiger partial charge < -0.3 is 4.74 Å². The van der Waals surface area contributed by atoms with Crippen LogP contribution < -0.4 is 0 Å². The number of nitrogens with zero attached hydrogens (tertiary/aromatic N) is 2. The molecule has 3 nitrogen and oxygen atoms in total. The summed E-state index contributed by atoms with van der Waals surface area (Å²) in [5.74, 6) is 0.472. The Bertz CT molecular complexity index is 326. The van der Waals surface area contributed by atoms with Gasteiger partial charge in [-0.2, -0.15) is 5.26 Å². The lowest BCUT2D eigenvalue weighted by molar-refractivity contribution is 0.00838. The first-order valence-corrected chi connectivity index (χ1v) is 3.84. The molecule has 0 aromatic carbocycles. The standard InChI is InChI=1S/C9H8N2O/c10-4-9-3-7(1-2-11-9)8-5-12-6-8/h1-3,8H,5-6H2. The van der Waals surface area contributed by atoms with Crippen LogP contribution in [0.5, 0.6) is 0 Å². The molecule has 0 atom stereocenters. The van der Waals surface area contributed by atoms with E-state index in [-0.39, 0.29) is 0 Å². The Morgan fingerprint density at radius 2 is 2.42 bits per heavy atom. The van der Waals surface area contributed by atoms with Gasteiger partial charge in [-0.1, -0.05) is 0 Å². The summed E-state index contributed by atoms with van der Waals surface area (Å²) in [6, 6.07) is 5.78. The van der Waals surface area contributed by atoms with Crippen LogP contribution in [-0.4, -0.2) is 18.2 Å². The predicted octanol–water partition coefficient (Wildman–Crippen LogP) is 1.07. The van der Waals surface area contributed by atoms with Crippen molar-refractivity contribution < 1.29 is 4.74 Å². The first-order valence-electron chi connectivity index (χ1n) is 3.84. The summed E-state index contributed by atoms with van der Waals surface area (Å²) in [4.78, 5) is 3.90. The first kappa shape index (κ1) is 7.26. The zero-order chi connectivity index (χ0) is 8.39. The number of rotatable bonds is 1.